The van der Waals surface area contributed by atoms with Crippen molar-refractivity contribution < 1.29 is 0 Å². The topological polar surface area (TPSA) is 24.1 Å². The summed E-state index contributed by atoms with van der Waals surface area (Å²) in [6.07, 6.45) is 2.71. The average molecular weight is 347 g/mol. The molecule has 0 amide bonds. The van der Waals surface area contributed by atoms with Crippen LogP contribution in [-0.2, 0) is 0 Å². The Morgan fingerprint density at radius 1 is 0.591 bits per heavy atom. The highest BCUT2D eigenvalue weighted by atomic mass is 28.3. The van der Waals surface area contributed by atoms with Crippen LogP contribution in [0.15, 0.2) is 0 Å². The van der Waals surface area contributed by atoms with E-state index in [9.17, 15) is 0 Å². The van der Waals surface area contributed by atoms with Crippen molar-refractivity contribution in [2.75, 3.05) is 13.1 Å². The van der Waals surface area contributed by atoms with Crippen LogP contribution in [-0.4, -0.2) is 41.3 Å². The predicted octanol–water partition coefficient (Wildman–Crippen LogP) is 5.43. The fraction of sp³-hybridized carbons (Fsp3) is 1.00. The van der Waals surface area contributed by atoms with Crippen LogP contribution in [0.25, 0.3) is 0 Å². The van der Waals surface area contributed by atoms with Crippen molar-refractivity contribution in [3.8, 4) is 0 Å². The van der Waals surface area contributed by atoms with Gasteiger partial charge in [-0.1, -0.05) is 79.1 Å². The summed E-state index contributed by atoms with van der Waals surface area (Å²) in [5.41, 5.74) is 0. The molecule has 4 heteroatoms. The lowest BCUT2D eigenvalue weighted by atomic mass is 10.4. The summed E-state index contributed by atoms with van der Waals surface area (Å²) in [5, 5.41) is 6.88. The molecule has 0 aromatic rings. The van der Waals surface area contributed by atoms with E-state index < -0.39 is 16.1 Å². The Hall–Kier alpha value is 0.354. The molecular formula is C18H46N2Si2. The molecule has 2 nitrogen and oxygen atoms in total. The highest BCUT2D eigenvalue weighted by Crippen LogP contribution is 2.10. The third-order valence-corrected chi connectivity index (χ3v) is 7.02. The van der Waals surface area contributed by atoms with Crippen molar-refractivity contribution in [2.45, 2.75) is 104 Å². The smallest absolute Gasteiger partial charge is 0.0443 e. The molecule has 0 saturated carbocycles. The molecule has 0 atom stereocenters. The van der Waals surface area contributed by atoms with Crippen molar-refractivity contribution in [3.05, 3.63) is 0 Å². The maximum Gasteiger partial charge on any atom is 0.0443 e. The molecule has 136 valence electrons. The van der Waals surface area contributed by atoms with Gasteiger partial charge in [0, 0.05) is 28.2 Å². The molecule has 0 fully saturated rings. The molecule has 0 radical (unpaired) electrons. The Morgan fingerprint density at radius 2 is 0.864 bits per heavy atom. The van der Waals surface area contributed by atoms with E-state index in [2.05, 4.69) is 77.6 Å². The molecule has 2 N–H and O–H groups in total. The zero-order valence-corrected chi connectivity index (χ0v) is 19.4. The zero-order valence-electron chi connectivity index (χ0n) is 17.4. The highest BCUT2D eigenvalue weighted by Gasteiger charge is 2.12. The third-order valence-electron chi connectivity index (χ3n) is 3.31. The number of rotatable bonds is 10. The number of hydrogen-bond donors (Lipinski definition) is 2. The summed E-state index contributed by atoms with van der Waals surface area (Å²) in [6, 6.07) is 4.20. The summed E-state index contributed by atoms with van der Waals surface area (Å²) in [5.74, 6) is 0. The number of nitrogens with one attached hydrogen (secondary N) is 2. The molecule has 0 aromatic carbocycles. The minimum Gasteiger partial charge on any atom is -0.315 e. The van der Waals surface area contributed by atoms with E-state index in [1.54, 1.807) is 0 Å². The van der Waals surface area contributed by atoms with Crippen LogP contribution < -0.4 is 10.6 Å². The van der Waals surface area contributed by atoms with E-state index in [4.69, 9.17) is 0 Å². The second-order valence-corrected chi connectivity index (χ2v) is 20.8. The predicted molar refractivity (Wildman–Crippen MR) is 112 cm³/mol. The van der Waals surface area contributed by atoms with Gasteiger partial charge in [0.2, 0.25) is 0 Å². The van der Waals surface area contributed by atoms with E-state index in [-0.39, 0.29) is 0 Å². The standard InChI is InChI=1S/2C9H23NSi/c2*1-9(2)10-7-6-8-11(3,4)5/h2*9-10H,6-8H2,1-5H3. The summed E-state index contributed by atoms with van der Waals surface area (Å²) in [4.78, 5) is 0. The van der Waals surface area contributed by atoms with E-state index in [0.717, 1.165) is 0 Å². The summed E-state index contributed by atoms with van der Waals surface area (Å²) in [7, 11) is -1.54. The van der Waals surface area contributed by atoms with Crippen LogP contribution in [0.2, 0.25) is 51.4 Å². The minimum absolute atomic E-state index is 0.650. The summed E-state index contributed by atoms with van der Waals surface area (Å²) >= 11 is 0. The number of hydrogen-bond acceptors (Lipinski definition) is 2. The van der Waals surface area contributed by atoms with Crippen LogP contribution >= 0.6 is 0 Å². The first-order valence-electron chi connectivity index (χ1n) is 9.30. The molecule has 0 aromatic heterocycles. The fourth-order valence-corrected chi connectivity index (χ4v) is 4.49. The largest absolute Gasteiger partial charge is 0.315 e. The van der Waals surface area contributed by atoms with Gasteiger partial charge in [0.1, 0.15) is 0 Å². The molecule has 0 heterocycles. The molecule has 0 saturated heterocycles. The van der Waals surface area contributed by atoms with Crippen molar-refractivity contribution >= 4 is 16.1 Å². The monoisotopic (exact) mass is 346 g/mol. The minimum atomic E-state index is -0.769. The molecule has 0 unspecified atom stereocenters. The van der Waals surface area contributed by atoms with Gasteiger partial charge in [-0.3, -0.25) is 0 Å². The van der Waals surface area contributed by atoms with Gasteiger partial charge in [-0.25, -0.2) is 0 Å². The molecule has 0 spiro atoms. The highest BCUT2D eigenvalue weighted by molar-refractivity contribution is 6.76. The Balaban J connectivity index is 0. The van der Waals surface area contributed by atoms with Crippen molar-refractivity contribution in [3.63, 3.8) is 0 Å². The van der Waals surface area contributed by atoms with Gasteiger partial charge in [0.05, 0.1) is 0 Å². The van der Waals surface area contributed by atoms with Crippen molar-refractivity contribution in [2.24, 2.45) is 0 Å². The lowest BCUT2D eigenvalue weighted by Gasteiger charge is -2.16. The van der Waals surface area contributed by atoms with Gasteiger partial charge in [-0.05, 0) is 25.9 Å². The second kappa shape index (κ2) is 12.7. The van der Waals surface area contributed by atoms with E-state index in [1.165, 1.54) is 38.0 Å². The molecule has 0 bridgehead atoms. The van der Waals surface area contributed by atoms with Crippen molar-refractivity contribution in [1.82, 2.24) is 10.6 Å². The average Bonchev–Trinajstić information content (AvgIpc) is 2.28. The SMILES string of the molecule is CC(C)NCCC[Si](C)(C)C.CC(C)NCCC[Si](C)(C)C. The first-order chi connectivity index (χ1) is 9.83. The van der Waals surface area contributed by atoms with Crippen LogP contribution in [0.1, 0.15) is 40.5 Å². The molecule has 0 aliphatic rings. The van der Waals surface area contributed by atoms with Crippen LogP contribution in [0.4, 0.5) is 0 Å². The Kier molecular flexibility index (Phi) is 14.2. The first kappa shape index (κ1) is 24.6. The second-order valence-electron chi connectivity index (χ2n) is 9.55. The molecule has 0 aliphatic heterocycles. The fourth-order valence-electron chi connectivity index (χ4n) is 2.02. The molecule has 22 heavy (non-hydrogen) atoms. The lowest BCUT2D eigenvalue weighted by Crippen LogP contribution is -2.26. The molecule has 0 rings (SSSR count). The van der Waals surface area contributed by atoms with Crippen molar-refractivity contribution in [1.29, 1.82) is 0 Å². The Bertz CT molecular complexity index is 214. The third kappa shape index (κ3) is 28.5. The lowest BCUT2D eigenvalue weighted by molar-refractivity contribution is 0.582. The summed E-state index contributed by atoms with van der Waals surface area (Å²) < 4.78 is 0. The van der Waals surface area contributed by atoms with Crippen LogP contribution in [0.3, 0.4) is 0 Å². The van der Waals surface area contributed by atoms with Crippen LogP contribution in [0, 0.1) is 0 Å². The Morgan fingerprint density at radius 3 is 1.05 bits per heavy atom. The van der Waals surface area contributed by atoms with Gasteiger partial charge in [0.25, 0.3) is 0 Å². The van der Waals surface area contributed by atoms with Crippen LogP contribution in [0.5, 0.6) is 0 Å². The van der Waals surface area contributed by atoms with Gasteiger partial charge in [-0.2, -0.15) is 0 Å². The van der Waals surface area contributed by atoms with Gasteiger partial charge in [0.15, 0.2) is 0 Å². The quantitative estimate of drug-likeness (QED) is 0.407. The van der Waals surface area contributed by atoms with E-state index in [0.29, 0.717) is 12.1 Å². The maximum atomic E-state index is 3.44. The molecule has 0 aliphatic carbocycles. The first-order valence-corrected chi connectivity index (χ1v) is 16.7. The van der Waals surface area contributed by atoms with Gasteiger partial charge < -0.3 is 10.6 Å². The van der Waals surface area contributed by atoms with E-state index >= 15 is 0 Å². The van der Waals surface area contributed by atoms with Gasteiger partial charge >= 0.3 is 0 Å². The normalized spacial score (nSPS) is 12.5. The Labute approximate surface area is 144 Å². The summed E-state index contributed by atoms with van der Waals surface area (Å²) in [6.45, 7) is 25.8. The van der Waals surface area contributed by atoms with Gasteiger partial charge in [-0.15, -0.1) is 0 Å². The molecular weight excluding hydrogens is 300 g/mol. The maximum absolute atomic E-state index is 3.44. The zero-order chi connectivity index (χ0) is 17.8. The van der Waals surface area contributed by atoms with E-state index in [1.807, 2.05) is 0 Å².